The van der Waals surface area contributed by atoms with Gasteiger partial charge in [0.1, 0.15) is 0 Å². The number of carbonyl (C=O) groups is 1. The first kappa shape index (κ1) is 26.7. The van der Waals surface area contributed by atoms with Crippen molar-refractivity contribution in [2.24, 2.45) is 0 Å². The summed E-state index contributed by atoms with van der Waals surface area (Å²) in [6.45, 7) is 4.71. The number of unbranched alkanes of at least 4 members (excludes halogenated alkanes) is 15. The number of hydrogen-bond donors (Lipinski definition) is 2. The van der Waals surface area contributed by atoms with Crippen LogP contribution in [-0.2, 0) is 4.79 Å². The molecule has 0 aromatic heterocycles. The molecule has 0 spiro atoms. The number of aliphatic hydroxyl groups is 1. The van der Waals surface area contributed by atoms with Crippen molar-refractivity contribution in [1.82, 2.24) is 0 Å². The van der Waals surface area contributed by atoms with Crippen LogP contribution in [0, 0.1) is 0 Å². The molecule has 0 amide bonds. The van der Waals surface area contributed by atoms with Crippen LogP contribution in [0.15, 0.2) is 0 Å². The minimum Gasteiger partial charge on any atom is -0.481 e. The second-order valence-corrected chi connectivity index (χ2v) is 7.17. The first-order valence-electron chi connectivity index (χ1n) is 11.0. The summed E-state index contributed by atoms with van der Waals surface area (Å²) >= 11 is 0. The molecule has 0 aromatic carbocycles. The second kappa shape index (κ2) is 25.7. The summed E-state index contributed by atoms with van der Waals surface area (Å²) in [4.78, 5) is 9.87. The molecule has 25 heavy (non-hydrogen) atoms. The van der Waals surface area contributed by atoms with Crippen LogP contribution < -0.4 is 0 Å². The molecule has 0 fully saturated rings. The average Bonchev–Trinajstić information content (AvgIpc) is 2.59. The number of carboxylic acid groups (broad SMARTS) is 1. The van der Waals surface area contributed by atoms with Gasteiger partial charge in [-0.3, -0.25) is 4.79 Å². The van der Waals surface area contributed by atoms with Crippen molar-refractivity contribution in [1.29, 1.82) is 0 Å². The van der Waals surface area contributed by atoms with Gasteiger partial charge in [-0.25, -0.2) is 0 Å². The Morgan fingerprint density at radius 2 is 0.880 bits per heavy atom. The molecule has 0 bridgehead atoms. The summed E-state index contributed by atoms with van der Waals surface area (Å²) in [5.41, 5.74) is 0. The van der Waals surface area contributed by atoms with Crippen LogP contribution in [0.4, 0.5) is 0 Å². The van der Waals surface area contributed by atoms with Crippen molar-refractivity contribution in [3.05, 3.63) is 0 Å². The molecular weight excluding hydrogens is 312 g/mol. The lowest BCUT2D eigenvalue weighted by molar-refractivity contribution is -0.137. The third-order valence-electron chi connectivity index (χ3n) is 4.51. The van der Waals surface area contributed by atoms with Crippen LogP contribution in [-0.4, -0.2) is 22.8 Å². The Bertz CT molecular complexity index is 227. The lowest BCUT2D eigenvalue weighted by atomic mass is 10.0. The maximum absolute atomic E-state index is 9.87. The molecule has 0 heterocycles. The van der Waals surface area contributed by atoms with Gasteiger partial charge in [-0.2, -0.15) is 0 Å². The zero-order valence-corrected chi connectivity index (χ0v) is 17.2. The highest BCUT2D eigenvalue weighted by molar-refractivity contribution is 5.66. The van der Waals surface area contributed by atoms with Crippen LogP contribution in [0.1, 0.15) is 129 Å². The highest BCUT2D eigenvalue weighted by Crippen LogP contribution is 2.12. The quantitative estimate of drug-likeness (QED) is 0.257. The third kappa shape index (κ3) is 31.7. The van der Waals surface area contributed by atoms with E-state index < -0.39 is 5.97 Å². The van der Waals surface area contributed by atoms with Gasteiger partial charge in [0.05, 0.1) is 0 Å². The fourth-order valence-corrected chi connectivity index (χ4v) is 2.83. The first-order valence-corrected chi connectivity index (χ1v) is 11.0. The van der Waals surface area contributed by atoms with E-state index >= 15 is 0 Å². The Hall–Kier alpha value is -0.570. The van der Waals surface area contributed by atoms with Crippen LogP contribution >= 0.6 is 0 Å². The van der Waals surface area contributed by atoms with Crippen LogP contribution in [0.5, 0.6) is 0 Å². The second-order valence-electron chi connectivity index (χ2n) is 7.17. The molecule has 0 atom stereocenters. The summed E-state index contributed by atoms with van der Waals surface area (Å²) in [5.74, 6) is -0.682. The van der Waals surface area contributed by atoms with Gasteiger partial charge in [-0.1, -0.05) is 110 Å². The number of hydrogen-bond acceptors (Lipinski definition) is 2. The van der Waals surface area contributed by atoms with Crippen molar-refractivity contribution in [3.8, 4) is 0 Å². The number of rotatable bonds is 18. The summed E-state index contributed by atoms with van der Waals surface area (Å²) in [6, 6.07) is 0. The van der Waals surface area contributed by atoms with E-state index in [9.17, 15) is 4.79 Å². The van der Waals surface area contributed by atoms with Crippen molar-refractivity contribution in [2.75, 3.05) is 6.61 Å². The van der Waals surface area contributed by atoms with E-state index in [1.807, 2.05) is 0 Å². The molecule has 3 nitrogen and oxygen atoms in total. The topological polar surface area (TPSA) is 57.5 Å². The molecule has 0 aromatic rings. The van der Waals surface area contributed by atoms with E-state index in [2.05, 4.69) is 13.8 Å². The Balaban J connectivity index is 0. The molecule has 0 unspecified atom stereocenters. The summed E-state index contributed by atoms with van der Waals surface area (Å²) in [6.07, 6.45) is 22.5. The highest BCUT2D eigenvalue weighted by atomic mass is 16.4. The van der Waals surface area contributed by atoms with Crippen molar-refractivity contribution in [2.45, 2.75) is 129 Å². The molecule has 2 N–H and O–H groups in total. The normalized spacial score (nSPS) is 10.4. The summed E-state index contributed by atoms with van der Waals surface area (Å²) in [5, 5.41) is 16.8. The van der Waals surface area contributed by atoms with E-state index in [-0.39, 0.29) is 0 Å². The molecule has 0 aliphatic heterocycles. The standard InChI is InChI=1S/C16H34O.C6H12O2/c1-2-3-4-5-6-7-8-9-10-11-12-13-14-15-16-17;1-2-3-4-5-6(7)8/h17H,2-16H2,1H3;2-5H2,1H3,(H,7,8). The van der Waals surface area contributed by atoms with Crippen molar-refractivity contribution < 1.29 is 15.0 Å². The number of aliphatic hydroxyl groups excluding tert-OH is 1. The van der Waals surface area contributed by atoms with Gasteiger partial charge in [0.15, 0.2) is 0 Å². The van der Waals surface area contributed by atoms with Gasteiger partial charge >= 0.3 is 5.97 Å². The monoisotopic (exact) mass is 358 g/mol. The lowest BCUT2D eigenvalue weighted by Crippen LogP contribution is -1.92. The molecule has 0 radical (unpaired) electrons. The molecule has 0 rings (SSSR count). The zero-order chi connectivity index (χ0) is 19.0. The summed E-state index contributed by atoms with van der Waals surface area (Å²) in [7, 11) is 0. The SMILES string of the molecule is CCCCCC(=O)O.CCCCCCCCCCCCCCCCO. The predicted octanol–water partition coefficient (Wildman–Crippen LogP) is 7.11. The molecule has 0 aliphatic rings. The minimum atomic E-state index is -0.682. The Morgan fingerprint density at radius 1 is 0.560 bits per heavy atom. The summed E-state index contributed by atoms with van der Waals surface area (Å²) < 4.78 is 0. The molecule has 152 valence electrons. The van der Waals surface area contributed by atoms with Gasteiger partial charge in [-0.05, 0) is 12.8 Å². The van der Waals surface area contributed by atoms with Crippen molar-refractivity contribution >= 4 is 5.97 Å². The van der Waals surface area contributed by atoms with Gasteiger partial charge in [-0.15, -0.1) is 0 Å². The molecular formula is C22H46O3. The Morgan fingerprint density at radius 3 is 1.20 bits per heavy atom. The Labute approximate surface area is 157 Å². The third-order valence-corrected chi connectivity index (χ3v) is 4.51. The van der Waals surface area contributed by atoms with Gasteiger partial charge in [0.2, 0.25) is 0 Å². The van der Waals surface area contributed by atoms with E-state index in [1.54, 1.807) is 0 Å². The number of aliphatic carboxylic acids is 1. The van der Waals surface area contributed by atoms with E-state index in [4.69, 9.17) is 10.2 Å². The lowest BCUT2D eigenvalue weighted by Gasteiger charge is -2.02. The molecule has 0 aliphatic carbocycles. The van der Waals surface area contributed by atoms with Gasteiger partial charge in [0.25, 0.3) is 0 Å². The van der Waals surface area contributed by atoms with Crippen LogP contribution in [0.25, 0.3) is 0 Å². The largest absolute Gasteiger partial charge is 0.481 e. The predicted molar refractivity (Wildman–Crippen MR) is 109 cm³/mol. The van der Waals surface area contributed by atoms with Gasteiger partial charge in [0, 0.05) is 13.0 Å². The average molecular weight is 359 g/mol. The number of carboxylic acids is 1. The van der Waals surface area contributed by atoms with Gasteiger partial charge < -0.3 is 10.2 Å². The zero-order valence-electron chi connectivity index (χ0n) is 17.2. The van der Waals surface area contributed by atoms with Crippen LogP contribution in [0.2, 0.25) is 0 Å². The highest BCUT2D eigenvalue weighted by Gasteiger charge is 1.94. The maximum atomic E-state index is 9.87. The maximum Gasteiger partial charge on any atom is 0.303 e. The first-order chi connectivity index (χ1) is 12.2. The van der Waals surface area contributed by atoms with E-state index in [1.165, 1.54) is 83.5 Å². The fourth-order valence-electron chi connectivity index (χ4n) is 2.83. The minimum absolute atomic E-state index is 0.327. The molecule has 0 saturated heterocycles. The molecule has 0 saturated carbocycles. The smallest absolute Gasteiger partial charge is 0.303 e. The van der Waals surface area contributed by atoms with E-state index in [0.717, 1.165) is 25.7 Å². The Kier molecular flexibility index (Phi) is 27.4. The van der Waals surface area contributed by atoms with Crippen molar-refractivity contribution in [3.63, 3.8) is 0 Å². The van der Waals surface area contributed by atoms with Crippen LogP contribution in [0.3, 0.4) is 0 Å². The fraction of sp³-hybridized carbons (Fsp3) is 0.955. The van der Waals surface area contributed by atoms with E-state index in [0.29, 0.717) is 13.0 Å². The molecule has 3 heteroatoms.